The van der Waals surface area contributed by atoms with Crippen LogP contribution in [-0.2, 0) is 6.18 Å². The van der Waals surface area contributed by atoms with Crippen LogP contribution in [0.25, 0.3) is 0 Å². The summed E-state index contributed by atoms with van der Waals surface area (Å²) in [6, 6.07) is 9.59. The molecule has 2 aromatic rings. The van der Waals surface area contributed by atoms with Crippen LogP contribution in [0, 0.1) is 11.3 Å². The molecule has 142 valence electrons. The minimum Gasteiger partial charge on any atom is -0.368 e. The van der Waals surface area contributed by atoms with Gasteiger partial charge in [-0.15, -0.1) is 0 Å². The maximum atomic E-state index is 13.3. The molecule has 1 saturated heterocycles. The second-order valence-corrected chi connectivity index (χ2v) is 6.58. The largest absolute Gasteiger partial charge is 0.417 e. The zero-order chi connectivity index (χ0) is 19.4. The van der Waals surface area contributed by atoms with E-state index < -0.39 is 11.7 Å². The molecule has 3 rings (SSSR count). The van der Waals surface area contributed by atoms with Crippen molar-refractivity contribution in [2.75, 3.05) is 29.4 Å². The molecule has 1 fully saturated rings. The number of halogens is 3. The van der Waals surface area contributed by atoms with Crippen LogP contribution in [-0.4, -0.2) is 30.7 Å². The Morgan fingerprint density at radius 3 is 2.78 bits per heavy atom. The van der Waals surface area contributed by atoms with Gasteiger partial charge in [-0.1, -0.05) is 0 Å². The van der Waals surface area contributed by atoms with Crippen molar-refractivity contribution in [2.24, 2.45) is 0 Å². The van der Waals surface area contributed by atoms with E-state index in [1.807, 2.05) is 30.2 Å². The molecule has 27 heavy (non-hydrogen) atoms. The zero-order valence-corrected chi connectivity index (χ0v) is 15.1. The normalized spacial score (nSPS) is 17.4. The third-order valence-corrected chi connectivity index (χ3v) is 4.95. The first-order valence-electron chi connectivity index (χ1n) is 8.97. The summed E-state index contributed by atoms with van der Waals surface area (Å²) < 4.78 is 40.0. The SMILES string of the molecule is CCN(c1ccc(C#N)c(C(F)(F)F)c1)C1CCCN(c2cccnc2)C1. The highest BCUT2D eigenvalue weighted by Crippen LogP contribution is 2.35. The van der Waals surface area contributed by atoms with Gasteiger partial charge in [0, 0.05) is 37.6 Å². The number of alkyl halides is 3. The van der Waals surface area contributed by atoms with Gasteiger partial charge < -0.3 is 9.80 Å². The van der Waals surface area contributed by atoms with E-state index >= 15 is 0 Å². The molecule has 7 heteroatoms. The fourth-order valence-electron chi connectivity index (χ4n) is 3.68. The number of hydrogen-bond donors (Lipinski definition) is 0. The first-order chi connectivity index (χ1) is 12.9. The van der Waals surface area contributed by atoms with Crippen LogP contribution in [0.3, 0.4) is 0 Å². The monoisotopic (exact) mass is 374 g/mol. The van der Waals surface area contributed by atoms with E-state index in [-0.39, 0.29) is 11.6 Å². The molecule has 1 atom stereocenters. The second-order valence-electron chi connectivity index (χ2n) is 6.58. The van der Waals surface area contributed by atoms with Crippen LogP contribution in [0.5, 0.6) is 0 Å². The molecule has 0 amide bonds. The molecule has 1 aromatic heterocycles. The summed E-state index contributed by atoms with van der Waals surface area (Å²) in [5, 5.41) is 9.00. The van der Waals surface area contributed by atoms with Gasteiger partial charge >= 0.3 is 6.18 Å². The minimum atomic E-state index is -4.55. The molecule has 0 bridgehead atoms. The third kappa shape index (κ3) is 4.16. The Morgan fingerprint density at radius 2 is 2.15 bits per heavy atom. The van der Waals surface area contributed by atoms with Crippen molar-refractivity contribution in [3.8, 4) is 6.07 Å². The topological polar surface area (TPSA) is 43.2 Å². The number of benzene rings is 1. The van der Waals surface area contributed by atoms with E-state index in [1.54, 1.807) is 18.3 Å². The van der Waals surface area contributed by atoms with E-state index in [9.17, 15) is 13.2 Å². The number of pyridine rings is 1. The standard InChI is InChI=1S/C20H21F3N4/c1-2-27(16-8-7-15(12-24)19(11-16)20(21,22)23)18-6-4-10-26(14-18)17-5-3-9-25-13-17/h3,5,7-9,11,13,18H,2,4,6,10,14H2,1H3. The highest BCUT2D eigenvalue weighted by atomic mass is 19.4. The number of aromatic nitrogens is 1. The first-order valence-corrected chi connectivity index (χ1v) is 8.97. The van der Waals surface area contributed by atoms with Crippen LogP contribution in [0.1, 0.15) is 30.9 Å². The molecular formula is C20H21F3N4. The van der Waals surface area contributed by atoms with E-state index in [0.29, 0.717) is 12.2 Å². The molecule has 4 nitrogen and oxygen atoms in total. The van der Waals surface area contributed by atoms with E-state index in [0.717, 1.165) is 37.7 Å². The van der Waals surface area contributed by atoms with Gasteiger partial charge in [-0.3, -0.25) is 4.98 Å². The van der Waals surface area contributed by atoms with Crippen molar-refractivity contribution in [1.29, 1.82) is 5.26 Å². The molecule has 0 N–H and O–H groups in total. The Hall–Kier alpha value is -2.75. The van der Waals surface area contributed by atoms with Crippen LogP contribution in [0.4, 0.5) is 24.5 Å². The molecule has 1 aromatic carbocycles. The van der Waals surface area contributed by atoms with Crippen molar-refractivity contribution in [2.45, 2.75) is 32.0 Å². The second kappa shape index (κ2) is 7.87. The molecule has 0 aliphatic carbocycles. The van der Waals surface area contributed by atoms with Crippen molar-refractivity contribution in [1.82, 2.24) is 4.98 Å². The van der Waals surface area contributed by atoms with Crippen LogP contribution in [0.15, 0.2) is 42.7 Å². The number of anilines is 2. The molecule has 0 radical (unpaired) electrons. The summed E-state index contributed by atoms with van der Waals surface area (Å²) in [6.07, 6.45) is 0.847. The lowest BCUT2D eigenvalue weighted by Crippen LogP contribution is -2.48. The number of nitrogens with zero attached hydrogens (tertiary/aromatic N) is 4. The van der Waals surface area contributed by atoms with E-state index in [4.69, 9.17) is 5.26 Å². The van der Waals surface area contributed by atoms with Crippen molar-refractivity contribution >= 4 is 11.4 Å². The lowest BCUT2D eigenvalue weighted by molar-refractivity contribution is -0.137. The number of nitriles is 1. The first kappa shape index (κ1) is 19.0. The smallest absolute Gasteiger partial charge is 0.368 e. The van der Waals surface area contributed by atoms with Gasteiger partial charge in [0.05, 0.1) is 29.1 Å². The van der Waals surface area contributed by atoms with E-state index in [2.05, 4.69) is 9.88 Å². The van der Waals surface area contributed by atoms with Crippen molar-refractivity contribution in [3.63, 3.8) is 0 Å². The Balaban J connectivity index is 1.87. The quantitative estimate of drug-likeness (QED) is 0.792. The van der Waals surface area contributed by atoms with Gasteiger partial charge in [-0.05, 0) is 50.1 Å². The average molecular weight is 374 g/mol. The lowest BCUT2D eigenvalue weighted by atomic mass is 10.0. The fourth-order valence-corrected chi connectivity index (χ4v) is 3.68. The predicted molar refractivity (Wildman–Crippen MR) is 98.7 cm³/mol. The zero-order valence-electron chi connectivity index (χ0n) is 15.1. The molecule has 1 aliphatic heterocycles. The Morgan fingerprint density at radius 1 is 1.33 bits per heavy atom. The number of piperidine rings is 1. The Kier molecular flexibility index (Phi) is 5.54. The van der Waals surface area contributed by atoms with Gasteiger partial charge in [0.15, 0.2) is 0 Å². The number of rotatable bonds is 4. The Bertz CT molecular complexity index is 814. The summed E-state index contributed by atoms with van der Waals surface area (Å²) in [5.41, 5.74) is 0.305. The third-order valence-electron chi connectivity index (χ3n) is 4.95. The molecule has 1 unspecified atom stereocenters. The molecule has 0 spiro atoms. The molecule has 1 aliphatic rings. The summed E-state index contributed by atoms with van der Waals surface area (Å²) in [4.78, 5) is 8.37. The van der Waals surface area contributed by atoms with Gasteiger partial charge in [-0.25, -0.2) is 0 Å². The van der Waals surface area contributed by atoms with Crippen molar-refractivity contribution in [3.05, 3.63) is 53.9 Å². The fraction of sp³-hybridized carbons (Fsp3) is 0.400. The highest BCUT2D eigenvalue weighted by Gasteiger charge is 2.35. The lowest BCUT2D eigenvalue weighted by Gasteiger charge is -2.41. The number of hydrogen-bond acceptors (Lipinski definition) is 4. The average Bonchev–Trinajstić information content (AvgIpc) is 2.69. The van der Waals surface area contributed by atoms with Gasteiger partial charge in [0.1, 0.15) is 0 Å². The highest BCUT2D eigenvalue weighted by molar-refractivity contribution is 5.56. The summed E-state index contributed by atoms with van der Waals surface area (Å²) in [5.74, 6) is 0. The van der Waals surface area contributed by atoms with Crippen LogP contribution >= 0.6 is 0 Å². The van der Waals surface area contributed by atoms with Gasteiger partial charge in [0.2, 0.25) is 0 Å². The maximum Gasteiger partial charge on any atom is 0.417 e. The Labute approximate surface area is 156 Å². The summed E-state index contributed by atoms with van der Waals surface area (Å²) in [7, 11) is 0. The van der Waals surface area contributed by atoms with E-state index in [1.165, 1.54) is 6.07 Å². The van der Waals surface area contributed by atoms with Crippen molar-refractivity contribution < 1.29 is 13.2 Å². The van der Waals surface area contributed by atoms with Crippen LogP contribution < -0.4 is 9.80 Å². The molecular weight excluding hydrogens is 353 g/mol. The minimum absolute atomic E-state index is 0.0953. The summed E-state index contributed by atoms with van der Waals surface area (Å²) >= 11 is 0. The molecule has 0 saturated carbocycles. The van der Waals surface area contributed by atoms with Crippen LogP contribution in [0.2, 0.25) is 0 Å². The predicted octanol–water partition coefficient (Wildman–Crippen LogP) is 4.47. The molecule has 2 heterocycles. The van der Waals surface area contributed by atoms with Gasteiger partial charge in [0.25, 0.3) is 0 Å². The number of likely N-dealkylation sites (N-methyl/N-ethyl adjacent to an activating group) is 1. The summed E-state index contributed by atoms with van der Waals surface area (Å²) in [6.45, 7) is 4.16. The van der Waals surface area contributed by atoms with Gasteiger partial charge in [-0.2, -0.15) is 18.4 Å². The maximum absolute atomic E-state index is 13.3.